The van der Waals surface area contributed by atoms with E-state index in [0.717, 1.165) is 17.7 Å². The van der Waals surface area contributed by atoms with Crippen LogP contribution in [0.1, 0.15) is 24.5 Å². The molecule has 2 aromatic carbocycles. The van der Waals surface area contributed by atoms with E-state index in [-0.39, 0.29) is 18.2 Å². The Labute approximate surface area is 157 Å². The Morgan fingerprint density at radius 3 is 2.58 bits per heavy atom. The van der Waals surface area contributed by atoms with Gasteiger partial charge in [0.1, 0.15) is 0 Å². The number of nitrogens with one attached hydrogen (secondary N) is 1. The largest absolute Gasteiger partial charge is 0.312 e. The number of carbonyl (C=O) groups is 2. The number of aryl methyl sites for hydroxylation is 1. The minimum absolute atomic E-state index is 0.0772. The average Bonchev–Trinajstić information content (AvgIpc) is 3.05. The molecule has 0 spiro atoms. The number of rotatable bonds is 5. The molecule has 1 saturated heterocycles. The third-order valence-corrected chi connectivity index (χ3v) is 4.66. The zero-order valence-electron chi connectivity index (χ0n) is 14.5. The normalized spacial score (nSPS) is 17.1. The highest BCUT2D eigenvalue weighted by molar-refractivity contribution is 6.30. The van der Waals surface area contributed by atoms with Crippen molar-refractivity contribution < 1.29 is 9.59 Å². The van der Waals surface area contributed by atoms with Crippen molar-refractivity contribution in [3.05, 3.63) is 64.7 Å². The molecule has 0 bridgehead atoms. The second-order valence-corrected chi connectivity index (χ2v) is 6.65. The van der Waals surface area contributed by atoms with Crippen LogP contribution in [0.5, 0.6) is 0 Å². The lowest BCUT2D eigenvalue weighted by Gasteiger charge is -2.16. The Bertz CT molecular complexity index is 816. The molecule has 1 N–H and O–H groups in total. The number of hydrogen-bond donors (Lipinski definition) is 1. The van der Waals surface area contributed by atoms with Gasteiger partial charge in [-0.2, -0.15) is 5.10 Å². The van der Waals surface area contributed by atoms with Crippen LogP contribution in [0.2, 0.25) is 5.02 Å². The van der Waals surface area contributed by atoms with Crippen LogP contribution in [0.15, 0.2) is 53.6 Å². The second kappa shape index (κ2) is 8.15. The molecule has 1 fully saturated rings. The second-order valence-electron chi connectivity index (χ2n) is 6.21. The lowest BCUT2D eigenvalue weighted by atomic mass is 10.1. The number of amides is 2. The van der Waals surface area contributed by atoms with Crippen molar-refractivity contribution in [1.82, 2.24) is 5.43 Å². The quantitative estimate of drug-likeness (QED) is 0.648. The molecule has 1 aliphatic rings. The number of hydrogen-bond acceptors (Lipinski definition) is 3. The summed E-state index contributed by atoms with van der Waals surface area (Å²) >= 11 is 5.88. The van der Waals surface area contributed by atoms with Gasteiger partial charge in [0.05, 0.1) is 12.1 Å². The Hall–Kier alpha value is -2.66. The van der Waals surface area contributed by atoms with E-state index in [0.29, 0.717) is 11.6 Å². The highest BCUT2D eigenvalue weighted by atomic mass is 35.5. The number of benzene rings is 2. The molecule has 3 rings (SSSR count). The Morgan fingerprint density at radius 1 is 1.23 bits per heavy atom. The van der Waals surface area contributed by atoms with Gasteiger partial charge >= 0.3 is 0 Å². The van der Waals surface area contributed by atoms with Gasteiger partial charge in [0.25, 0.3) is 0 Å². The first kappa shape index (κ1) is 18.1. The summed E-state index contributed by atoms with van der Waals surface area (Å²) in [6.07, 6.45) is 2.76. The molecule has 0 radical (unpaired) electrons. The SMILES string of the molecule is CCc1ccc(/C=N\NC(=O)[C@H]2CC(=O)N(c3ccc(Cl)cc3)C2)cc1. The van der Waals surface area contributed by atoms with E-state index in [1.807, 2.05) is 24.3 Å². The van der Waals surface area contributed by atoms with Gasteiger partial charge in [0.2, 0.25) is 11.8 Å². The number of hydrazone groups is 1. The molecule has 1 heterocycles. The predicted octanol–water partition coefficient (Wildman–Crippen LogP) is 3.41. The van der Waals surface area contributed by atoms with Crippen molar-refractivity contribution in [1.29, 1.82) is 0 Å². The van der Waals surface area contributed by atoms with Gasteiger partial charge in [-0.3, -0.25) is 9.59 Å². The minimum atomic E-state index is -0.419. The van der Waals surface area contributed by atoms with Crippen LogP contribution in [0.25, 0.3) is 0 Å². The van der Waals surface area contributed by atoms with E-state index in [1.165, 1.54) is 5.56 Å². The Morgan fingerprint density at radius 2 is 1.92 bits per heavy atom. The van der Waals surface area contributed by atoms with Crippen LogP contribution in [0, 0.1) is 5.92 Å². The van der Waals surface area contributed by atoms with Crippen molar-refractivity contribution in [2.45, 2.75) is 19.8 Å². The van der Waals surface area contributed by atoms with Gasteiger partial charge in [-0.25, -0.2) is 5.43 Å². The molecule has 134 valence electrons. The summed E-state index contributed by atoms with van der Waals surface area (Å²) in [6.45, 7) is 2.44. The van der Waals surface area contributed by atoms with E-state index in [2.05, 4.69) is 17.5 Å². The summed E-state index contributed by atoms with van der Waals surface area (Å²) in [6, 6.07) is 15.0. The predicted molar refractivity (Wildman–Crippen MR) is 103 cm³/mol. The van der Waals surface area contributed by atoms with E-state index in [9.17, 15) is 9.59 Å². The zero-order valence-corrected chi connectivity index (χ0v) is 15.2. The Kier molecular flexibility index (Phi) is 5.68. The fourth-order valence-corrected chi connectivity index (χ4v) is 2.98. The van der Waals surface area contributed by atoms with Crippen LogP contribution >= 0.6 is 11.6 Å². The fraction of sp³-hybridized carbons (Fsp3) is 0.250. The number of nitrogens with zero attached hydrogens (tertiary/aromatic N) is 2. The molecular weight excluding hydrogens is 350 g/mol. The van der Waals surface area contributed by atoms with E-state index >= 15 is 0 Å². The minimum Gasteiger partial charge on any atom is -0.312 e. The molecule has 5 nitrogen and oxygen atoms in total. The maximum atomic E-state index is 12.3. The number of anilines is 1. The maximum Gasteiger partial charge on any atom is 0.245 e. The molecule has 1 atom stereocenters. The first-order chi connectivity index (χ1) is 12.6. The first-order valence-electron chi connectivity index (χ1n) is 8.54. The highest BCUT2D eigenvalue weighted by Crippen LogP contribution is 2.26. The molecule has 6 heteroatoms. The average molecular weight is 370 g/mol. The topological polar surface area (TPSA) is 61.8 Å². The van der Waals surface area contributed by atoms with Crippen LogP contribution in [-0.2, 0) is 16.0 Å². The lowest BCUT2D eigenvalue weighted by Crippen LogP contribution is -2.30. The maximum absolute atomic E-state index is 12.3. The molecular formula is C20H20ClN3O2. The van der Waals surface area contributed by atoms with Crippen molar-refractivity contribution in [2.24, 2.45) is 11.0 Å². The van der Waals surface area contributed by atoms with Crippen molar-refractivity contribution >= 4 is 35.3 Å². The Balaban J connectivity index is 1.57. The van der Waals surface area contributed by atoms with E-state index in [1.54, 1.807) is 35.4 Å². The van der Waals surface area contributed by atoms with E-state index in [4.69, 9.17) is 11.6 Å². The van der Waals surface area contributed by atoms with Crippen LogP contribution in [0.3, 0.4) is 0 Å². The summed E-state index contributed by atoms with van der Waals surface area (Å²) in [5.41, 5.74) is 5.44. The molecule has 2 amide bonds. The van der Waals surface area contributed by atoms with Crippen molar-refractivity contribution in [3.63, 3.8) is 0 Å². The molecule has 26 heavy (non-hydrogen) atoms. The monoisotopic (exact) mass is 369 g/mol. The summed E-state index contributed by atoms with van der Waals surface area (Å²) < 4.78 is 0. The third-order valence-electron chi connectivity index (χ3n) is 4.41. The van der Waals surface area contributed by atoms with Crippen LogP contribution < -0.4 is 10.3 Å². The van der Waals surface area contributed by atoms with E-state index < -0.39 is 5.92 Å². The van der Waals surface area contributed by atoms with Gasteiger partial charge in [0, 0.05) is 23.7 Å². The van der Waals surface area contributed by atoms with Crippen molar-refractivity contribution in [2.75, 3.05) is 11.4 Å². The van der Waals surface area contributed by atoms with Gasteiger partial charge in [-0.05, 0) is 41.8 Å². The van der Waals surface area contributed by atoms with Crippen LogP contribution in [0.4, 0.5) is 5.69 Å². The summed E-state index contributed by atoms with van der Waals surface area (Å²) in [4.78, 5) is 26.1. The summed E-state index contributed by atoms with van der Waals surface area (Å²) in [5.74, 6) is -0.749. The smallest absolute Gasteiger partial charge is 0.245 e. The zero-order chi connectivity index (χ0) is 18.5. The van der Waals surface area contributed by atoms with Gasteiger partial charge in [-0.15, -0.1) is 0 Å². The first-order valence-corrected chi connectivity index (χ1v) is 8.92. The molecule has 1 aliphatic heterocycles. The standard InChI is InChI=1S/C20H20ClN3O2/c1-2-14-3-5-15(6-4-14)12-22-23-20(26)16-11-19(25)24(13-16)18-9-7-17(21)8-10-18/h3-10,12,16H,2,11,13H2,1H3,(H,23,26)/b22-12-/t16-/m0/s1. The van der Waals surface area contributed by atoms with Crippen molar-refractivity contribution in [3.8, 4) is 0 Å². The fourth-order valence-electron chi connectivity index (χ4n) is 2.85. The van der Waals surface area contributed by atoms with Gasteiger partial charge in [-0.1, -0.05) is 42.8 Å². The van der Waals surface area contributed by atoms with Crippen LogP contribution in [-0.4, -0.2) is 24.6 Å². The highest BCUT2D eigenvalue weighted by Gasteiger charge is 2.35. The molecule has 0 saturated carbocycles. The summed E-state index contributed by atoms with van der Waals surface area (Å²) in [7, 11) is 0. The number of carbonyl (C=O) groups excluding carboxylic acids is 2. The third kappa shape index (κ3) is 4.29. The summed E-state index contributed by atoms with van der Waals surface area (Å²) in [5, 5.41) is 4.61. The molecule has 0 unspecified atom stereocenters. The lowest BCUT2D eigenvalue weighted by molar-refractivity contribution is -0.126. The molecule has 2 aromatic rings. The molecule has 0 aromatic heterocycles. The van der Waals surface area contributed by atoms with Gasteiger partial charge in [0.15, 0.2) is 0 Å². The number of halogens is 1. The molecule has 0 aliphatic carbocycles. The van der Waals surface area contributed by atoms with Gasteiger partial charge < -0.3 is 4.90 Å².